The van der Waals surface area contributed by atoms with E-state index in [-0.39, 0.29) is 37.9 Å². The lowest BCUT2D eigenvalue weighted by molar-refractivity contribution is -0.122. The summed E-state index contributed by atoms with van der Waals surface area (Å²) < 4.78 is 24.0. The number of nitrogens with two attached hydrogens (primary N) is 1. The number of amides is 1. The Bertz CT molecular complexity index is 508. The Kier molecular flexibility index (Phi) is 8.40. The number of carbonyl (C=O) groups excluding carboxylic acids is 1. The van der Waals surface area contributed by atoms with Crippen LogP contribution < -0.4 is 15.8 Å². The van der Waals surface area contributed by atoms with E-state index in [2.05, 4.69) is 10.0 Å². The van der Waals surface area contributed by atoms with Crippen LogP contribution in [0.25, 0.3) is 0 Å². The van der Waals surface area contributed by atoms with Crippen LogP contribution in [0.15, 0.2) is 30.3 Å². The van der Waals surface area contributed by atoms with Crippen LogP contribution in [0.1, 0.15) is 11.5 Å². The molecule has 0 bridgehead atoms. The third kappa shape index (κ3) is 6.85. The van der Waals surface area contributed by atoms with E-state index in [1.807, 2.05) is 30.3 Å². The first-order valence-electron chi connectivity index (χ1n) is 5.91. The summed E-state index contributed by atoms with van der Waals surface area (Å²) >= 11 is 0. The summed E-state index contributed by atoms with van der Waals surface area (Å²) in [6.45, 7) is 0.598. The first kappa shape index (κ1) is 18.9. The maximum absolute atomic E-state index is 11.9. The summed E-state index contributed by atoms with van der Waals surface area (Å²) in [7, 11) is -3.23. The Morgan fingerprint density at radius 2 is 1.85 bits per heavy atom. The van der Waals surface area contributed by atoms with E-state index >= 15 is 0 Å². The van der Waals surface area contributed by atoms with E-state index in [1.54, 1.807) is 0 Å². The first-order chi connectivity index (χ1) is 8.94. The number of benzene rings is 1. The molecule has 0 radical (unpaired) electrons. The fourth-order valence-corrected chi connectivity index (χ4v) is 2.10. The third-order valence-corrected chi connectivity index (χ3v) is 3.27. The van der Waals surface area contributed by atoms with Gasteiger partial charge in [-0.1, -0.05) is 30.3 Å². The maximum Gasteiger partial charge on any atom is 0.228 e. The largest absolute Gasteiger partial charge is 0.354 e. The van der Waals surface area contributed by atoms with E-state index < -0.39 is 15.9 Å². The van der Waals surface area contributed by atoms with Gasteiger partial charge in [0, 0.05) is 19.6 Å². The van der Waals surface area contributed by atoms with Crippen molar-refractivity contribution in [2.75, 3.05) is 25.9 Å². The minimum Gasteiger partial charge on any atom is -0.354 e. The molecule has 1 rings (SSSR count). The SMILES string of the molecule is CS(=O)(=O)NCCNC(=O)C(CN)c1ccccc1.Cl. The Morgan fingerprint density at radius 3 is 2.35 bits per heavy atom. The predicted molar refractivity (Wildman–Crippen MR) is 81.3 cm³/mol. The number of nitrogens with one attached hydrogen (secondary N) is 2. The molecule has 1 amide bonds. The second-order valence-electron chi connectivity index (χ2n) is 4.16. The molecule has 4 N–H and O–H groups in total. The van der Waals surface area contributed by atoms with Crippen LogP contribution in [0, 0.1) is 0 Å². The molecular weight excluding hydrogens is 302 g/mol. The number of hydrogen-bond acceptors (Lipinski definition) is 4. The highest BCUT2D eigenvalue weighted by Gasteiger charge is 2.18. The maximum atomic E-state index is 11.9. The molecular formula is C12H20ClN3O3S. The molecule has 0 fully saturated rings. The van der Waals surface area contributed by atoms with Crippen LogP contribution in [-0.4, -0.2) is 40.2 Å². The Labute approximate surface area is 125 Å². The molecule has 0 heterocycles. The van der Waals surface area contributed by atoms with Gasteiger partial charge in [0.05, 0.1) is 12.2 Å². The van der Waals surface area contributed by atoms with Crippen LogP contribution in [0.4, 0.5) is 0 Å². The minimum atomic E-state index is -3.23. The number of hydrogen-bond donors (Lipinski definition) is 3. The van der Waals surface area contributed by atoms with Crippen molar-refractivity contribution in [3.05, 3.63) is 35.9 Å². The molecule has 0 aliphatic heterocycles. The van der Waals surface area contributed by atoms with Crippen molar-refractivity contribution in [3.8, 4) is 0 Å². The smallest absolute Gasteiger partial charge is 0.228 e. The topological polar surface area (TPSA) is 101 Å². The van der Waals surface area contributed by atoms with Gasteiger partial charge in [0.1, 0.15) is 0 Å². The Morgan fingerprint density at radius 1 is 1.25 bits per heavy atom. The minimum absolute atomic E-state index is 0. The molecule has 0 aliphatic carbocycles. The van der Waals surface area contributed by atoms with Crippen LogP contribution in [0.5, 0.6) is 0 Å². The van der Waals surface area contributed by atoms with Crippen molar-refractivity contribution in [2.45, 2.75) is 5.92 Å². The van der Waals surface area contributed by atoms with Crippen LogP contribution in [0.2, 0.25) is 0 Å². The van der Waals surface area contributed by atoms with Crippen LogP contribution >= 0.6 is 12.4 Å². The monoisotopic (exact) mass is 321 g/mol. The molecule has 1 aromatic rings. The summed E-state index contributed by atoms with van der Waals surface area (Å²) in [5.74, 6) is -0.622. The van der Waals surface area contributed by atoms with Crippen molar-refractivity contribution in [3.63, 3.8) is 0 Å². The van der Waals surface area contributed by atoms with Gasteiger partial charge in [0.15, 0.2) is 0 Å². The van der Waals surface area contributed by atoms with Gasteiger partial charge in [-0.3, -0.25) is 4.79 Å². The summed E-state index contributed by atoms with van der Waals surface area (Å²) in [5.41, 5.74) is 6.45. The van der Waals surface area contributed by atoms with Gasteiger partial charge >= 0.3 is 0 Å². The molecule has 8 heteroatoms. The molecule has 0 saturated carbocycles. The standard InChI is InChI=1S/C12H19N3O3S.ClH/c1-19(17,18)15-8-7-14-12(16)11(9-13)10-5-3-2-4-6-10;/h2-6,11,15H,7-9,13H2,1H3,(H,14,16);1H. The molecule has 0 aliphatic rings. The van der Waals surface area contributed by atoms with E-state index in [0.29, 0.717) is 0 Å². The molecule has 20 heavy (non-hydrogen) atoms. The van der Waals surface area contributed by atoms with E-state index in [1.165, 1.54) is 0 Å². The molecule has 1 atom stereocenters. The van der Waals surface area contributed by atoms with Gasteiger partial charge in [-0.15, -0.1) is 12.4 Å². The highest BCUT2D eigenvalue weighted by Crippen LogP contribution is 2.13. The molecule has 0 spiro atoms. The van der Waals surface area contributed by atoms with Crippen molar-refractivity contribution in [1.82, 2.24) is 10.0 Å². The van der Waals surface area contributed by atoms with Gasteiger partial charge in [0.2, 0.25) is 15.9 Å². The molecule has 0 aromatic heterocycles. The summed E-state index contributed by atoms with van der Waals surface area (Å²) in [6, 6.07) is 9.23. The van der Waals surface area contributed by atoms with Crippen molar-refractivity contribution < 1.29 is 13.2 Å². The van der Waals surface area contributed by atoms with Crippen LogP contribution in [-0.2, 0) is 14.8 Å². The highest BCUT2D eigenvalue weighted by molar-refractivity contribution is 7.88. The van der Waals surface area contributed by atoms with Crippen LogP contribution in [0.3, 0.4) is 0 Å². The van der Waals surface area contributed by atoms with Crippen molar-refractivity contribution >= 4 is 28.3 Å². The summed E-state index contributed by atoms with van der Waals surface area (Å²) in [6.07, 6.45) is 1.07. The van der Waals surface area contributed by atoms with E-state index in [4.69, 9.17) is 5.73 Å². The molecule has 114 valence electrons. The van der Waals surface area contributed by atoms with Crippen molar-refractivity contribution in [1.29, 1.82) is 0 Å². The molecule has 1 unspecified atom stereocenters. The van der Waals surface area contributed by atoms with E-state index in [9.17, 15) is 13.2 Å². The Hall–Kier alpha value is -1.15. The van der Waals surface area contributed by atoms with Gasteiger partial charge in [-0.05, 0) is 5.56 Å². The van der Waals surface area contributed by atoms with Crippen molar-refractivity contribution in [2.24, 2.45) is 5.73 Å². The van der Waals surface area contributed by atoms with Gasteiger partial charge in [-0.2, -0.15) is 0 Å². The lowest BCUT2D eigenvalue weighted by Crippen LogP contribution is -2.38. The predicted octanol–water partition coefficient (Wildman–Crippen LogP) is -0.184. The zero-order chi connectivity index (χ0) is 14.3. The summed E-state index contributed by atoms with van der Waals surface area (Å²) in [4.78, 5) is 11.9. The number of sulfonamides is 1. The van der Waals surface area contributed by atoms with Gasteiger partial charge in [-0.25, -0.2) is 13.1 Å². The quantitative estimate of drug-likeness (QED) is 0.606. The molecule has 6 nitrogen and oxygen atoms in total. The average molecular weight is 322 g/mol. The average Bonchev–Trinajstić information content (AvgIpc) is 2.36. The lowest BCUT2D eigenvalue weighted by Gasteiger charge is -2.15. The third-order valence-electron chi connectivity index (χ3n) is 2.54. The fraction of sp³-hybridized carbons (Fsp3) is 0.417. The first-order valence-corrected chi connectivity index (χ1v) is 7.80. The Balaban J connectivity index is 0.00000361. The normalized spacial score (nSPS) is 12.3. The molecule has 0 saturated heterocycles. The second-order valence-corrected chi connectivity index (χ2v) is 5.99. The van der Waals surface area contributed by atoms with Gasteiger partial charge in [0.25, 0.3) is 0 Å². The molecule has 1 aromatic carbocycles. The summed E-state index contributed by atoms with van der Waals surface area (Å²) in [5, 5.41) is 2.66. The zero-order valence-corrected chi connectivity index (χ0v) is 12.8. The number of rotatable bonds is 7. The zero-order valence-electron chi connectivity index (χ0n) is 11.2. The van der Waals surface area contributed by atoms with Gasteiger partial charge < -0.3 is 11.1 Å². The second kappa shape index (κ2) is 8.91. The number of halogens is 1. The highest BCUT2D eigenvalue weighted by atomic mass is 35.5. The fourth-order valence-electron chi connectivity index (χ4n) is 1.63. The van der Waals surface area contributed by atoms with E-state index in [0.717, 1.165) is 11.8 Å². The number of carbonyl (C=O) groups is 1. The lowest BCUT2D eigenvalue weighted by atomic mass is 9.98.